The van der Waals surface area contributed by atoms with Crippen molar-refractivity contribution in [2.45, 2.75) is 20.8 Å². The molecule has 0 heterocycles. The zero-order chi connectivity index (χ0) is 6.57. The highest BCUT2D eigenvalue weighted by Crippen LogP contribution is 2.05. The number of hydrogen-bond acceptors (Lipinski definition) is 1. The minimum absolute atomic E-state index is 0.0833. The number of nitriles is 1. The molecule has 0 saturated heterocycles. The summed E-state index contributed by atoms with van der Waals surface area (Å²) in [6.07, 6.45) is 1.97. The lowest BCUT2D eigenvalue weighted by Gasteiger charge is -1.97. The van der Waals surface area contributed by atoms with E-state index in [1.165, 1.54) is 0 Å². The molecule has 0 bridgehead atoms. The van der Waals surface area contributed by atoms with Crippen molar-refractivity contribution in [2.75, 3.05) is 0 Å². The first-order chi connectivity index (χ1) is 3.72. The Morgan fingerprint density at radius 1 is 1.75 bits per heavy atom. The zero-order valence-corrected chi connectivity index (χ0v) is 5.60. The minimum atomic E-state index is 0.0833. The Balaban J connectivity index is 3.87. The Morgan fingerprint density at radius 3 is 2.38 bits per heavy atom. The van der Waals surface area contributed by atoms with Gasteiger partial charge in [0, 0.05) is 0 Å². The third-order valence-electron chi connectivity index (χ3n) is 1.33. The molecule has 0 aromatic rings. The molecule has 0 aromatic heterocycles. The maximum absolute atomic E-state index is 8.35. The van der Waals surface area contributed by atoms with Crippen molar-refractivity contribution < 1.29 is 0 Å². The largest absolute Gasteiger partial charge is 0.198 e. The second kappa shape index (κ2) is 3.26. The molecule has 0 amide bonds. The number of rotatable bonds is 1. The van der Waals surface area contributed by atoms with Crippen LogP contribution in [0.25, 0.3) is 0 Å². The van der Waals surface area contributed by atoms with Gasteiger partial charge in [0.1, 0.15) is 0 Å². The van der Waals surface area contributed by atoms with Crippen molar-refractivity contribution >= 4 is 0 Å². The van der Waals surface area contributed by atoms with Gasteiger partial charge in [0.05, 0.1) is 12.0 Å². The monoisotopic (exact) mass is 109 g/mol. The molecule has 0 fully saturated rings. The molecule has 0 aliphatic heterocycles. The summed E-state index contributed by atoms with van der Waals surface area (Å²) < 4.78 is 0. The molecule has 1 unspecified atom stereocenters. The third kappa shape index (κ3) is 1.79. The van der Waals surface area contributed by atoms with Gasteiger partial charge in [-0.1, -0.05) is 11.6 Å². The Morgan fingerprint density at radius 2 is 2.25 bits per heavy atom. The van der Waals surface area contributed by atoms with Crippen molar-refractivity contribution in [3.63, 3.8) is 0 Å². The topological polar surface area (TPSA) is 23.8 Å². The number of hydrogen-bond donors (Lipinski definition) is 0. The average Bonchev–Trinajstić information content (AvgIpc) is 1.84. The van der Waals surface area contributed by atoms with Gasteiger partial charge < -0.3 is 0 Å². The van der Waals surface area contributed by atoms with Crippen LogP contribution in [0.5, 0.6) is 0 Å². The molecule has 8 heavy (non-hydrogen) atoms. The van der Waals surface area contributed by atoms with Crippen LogP contribution < -0.4 is 0 Å². The van der Waals surface area contributed by atoms with Gasteiger partial charge in [-0.05, 0) is 20.8 Å². The lowest BCUT2D eigenvalue weighted by atomic mass is 10.1. The van der Waals surface area contributed by atoms with Crippen LogP contribution in [-0.2, 0) is 0 Å². The summed E-state index contributed by atoms with van der Waals surface area (Å²) in [5, 5.41) is 8.35. The van der Waals surface area contributed by atoms with E-state index in [1.54, 1.807) is 0 Å². The molecule has 0 saturated carbocycles. The summed E-state index contributed by atoms with van der Waals surface area (Å²) in [5.41, 5.74) is 1.15. The summed E-state index contributed by atoms with van der Waals surface area (Å²) in [4.78, 5) is 0. The van der Waals surface area contributed by atoms with Gasteiger partial charge in [-0.25, -0.2) is 0 Å². The summed E-state index contributed by atoms with van der Waals surface area (Å²) in [5.74, 6) is 0.0833. The van der Waals surface area contributed by atoms with E-state index < -0.39 is 0 Å². The molecule has 0 aliphatic rings. The van der Waals surface area contributed by atoms with Gasteiger partial charge in [0.15, 0.2) is 0 Å². The molecule has 0 aliphatic carbocycles. The summed E-state index contributed by atoms with van der Waals surface area (Å²) >= 11 is 0. The van der Waals surface area contributed by atoms with Crippen molar-refractivity contribution in [3.8, 4) is 6.07 Å². The van der Waals surface area contributed by atoms with E-state index in [1.807, 2.05) is 26.8 Å². The smallest absolute Gasteiger partial charge is 0.0697 e. The Kier molecular flexibility index (Phi) is 2.95. The second-order valence-electron chi connectivity index (χ2n) is 1.88. The number of allylic oxidation sites excluding steroid dienone is 2. The van der Waals surface area contributed by atoms with E-state index in [0.717, 1.165) is 5.57 Å². The first-order valence-corrected chi connectivity index (χ1v) is 2.74. The fourth-order valence-electron chi connectivity index (χ4n) is 0.352. The van der Waals surface area contributed by atoms with Crippen LogP contribution in [0.3, 0.4) is 0 Å². The summed E-state index contributed by atoms with van der Waals surface area (Å²) in [6.45, 7) is 5.81. The fourth-order valence-corrected chi connectivity index (χ4v) is 0.352. The van der Waals surface area contributed by atoms with Crippen molar-refractivity contribution in [1.82, 2.24) is 0 Å². The van der Waals surface area contributed by atoms with Crippen LogP contribution in [0.2, 0.25) is 0 Å². The van der Waals surface area contributed by atoms with E-state index in [4.69, 9.17) is 5.26 Å². The minimum Gasteiger partial charge on any atom is -0.198 e. The van der Waals surface area contributed by atoms with Gasteiger partial charge in [-0.3, -0.25) is 0 Å². The molecular weight excluding hydrogens is 98.1 g/mol. The van der Waals surface area contributed by atoms with Crippen molar-refractivity contribution in [1.29, 1.82) is 5.26 Å². The van der Waals surface area contributed by atoms with Gasteiger partial charge in [-0.2, -0.15) is 5.26 Å². The molecular formula is C7H11N. The Labute approximate surface area is 50.6 Å². The van der Waals surface area contributed by atoms with Gasteiger partial charge >= 0.3 is 0 Å². The van der Waals surface area contributed by atoms with Crippen LogP contribution >= 0.6 is 0 Å². The highest BCUT2D eigenvalue weighted by molar-refractivity contribution is 5.08. The molecule has 0 aromatic carbocycles. The molecule has 0 spiro atoms. The molecule has 1 heteroatoms. The SMILES string of the molecule is CC=C(C)C(C)C#N. The molecule has 0 radical (unpaired) electrons. The van der Waals surface area contributed by atoms with E-state index in [2.05, 4.69) is 6.07 Å². The Hall–Kier alpha value is -0.770. The lowest BCUT2D eigenvalue weighted by molar-refractivity contribution is 0.876. The standard InChI is InChI=1S/C7H11N/c1-4-6(2)7(3)5-8/h4,7H,1-3H3. The highest BCUT2D eigenvalue weighted by atomic mass is 14.3. The van der Waals surface area contributed by atoms with Crippen LogP contribution in [0, 0.1) is 17.2 Å². The maximum Gasteiger partial charge on any atom is 0.0697 e. The van der Waals surface area contributed by atoms with Crippen LogP contribution in [-0.4, -0.2) is 0 Å². The third-order valence-corrected chi connectivity index (χ3v) is 1.33. The lowest BCUT2D eigenvalue weighted by Crippen LogP contribution is -1.89. The van der Waals surface area contributed by atoms with Crippen LogP contribution in [0.4, 0.5) is 0 Å². The summed E-state index contributed by atoms with van der Waals surface area (Å²) in [7, 11) is 0. The quantitative estimate of drug-likeness (QED) is 0.473. The predicted molar refractivity (Wildman–Crippen MR) is 34.2 cm³/mol. The molecule has 0 rings (SSSR count). The highest BCUT2D eigenvalue weighted by Gasteiger charge is 1.97. The first-order valence-electron chi connectivity index (χ1n) is 2.74. The average molecular weight is 109 g/mol. The van der Waals surface area contributed by atoms with Gasteiger partial charge in [-0.15, -0.1) is 0 Å². The van der Waals surface area contributed by atoms with Gasteiger partial charge in [0.2, 0.25) is 0 Å². The van der Waals surface area contributed by atoms with E-state index in [-0.39, 0.29) is 5.92 Å². The Bertz CT molecular complexity index is 128. The molecule has 0 N–H and O–H groups in total. The second-order valence-corrected chi connectivity index (χ2v) is 1.88. The zero-order valence-electron chi connectivity index (χ0n) is 5.60. The predicted octanol–water partition coefficient (Wildman–Crippen LogP) is 2.11. The summed E-state index contributed by atoms with van der Waals surface area (Å²) in [6, 6.07) is 2.15. The number of nitrogens with zero attached hydrogens (tertiary/aromatic N) is 1. The van der Waals surface area contributed by atoms with E-state index in [0.29, 0.717) is 0 Å². The van der Waals surface area contributed by atoms with Crippen LogP contribution in [0.1, 0.15) is 20.8 Å². The molecule has 1 nitrogen and oxygen atoms in total. The van der Waals surface area contributed by atoms with E-state index in [9.17, 15) is 0 Å². The van der Waals surface area contributed by atoms with E-state index >= 15 is 0 Å². The first kappa shape index (κ1) is 7.23. The molecule has 1 atom stereocenters. The fraction of sp³-hybridized carbons (Fsp3) is 0.571. The normalized spacial score (nSPS) is 15.0. The molecule has 44 valence electrons. The van der Waals surface area contributed by atoms with Crippen molar-refractivity contribution in [2.24, 2.45) is 5.92 Å². The maximum atomic E-state index is 8.35. The van der Waals surface area contributed by atoms with Crippen LogP contribution in [0.15, 0.2) is 11.6 Å². The van der Waals surface area contributed by atoms with Gasteiger partial charge in [0.25, 0.3) is 0 Å². The van der Waals surface area contributed by atoms with Crippen molar-refractivity contribution in [3.05, 3.63) is 11.6 Å².